The van der Waals surface area contributed by atoms with E-state index in [1.165, 1.54) is 12.5 Å². The summed E-state index contributed by atoms with van der Waals surface area (Å²) in [5.41, 5.74) is 0. The minimum atomic E-state index is -0.295. The fraction of sp³-hybridized carbons (Fsp3) is 0.556. The summed E-state index contributed by atoms with van der Waals surface area (Å²) in [5.74, 6) is -0.295. The van der Waals surface area contributed by atoms with Gasteiger partial charge < -0.3 is 4.74 Å². The Morgan fingerprint density at radius 1 is 1.55 bits per heavy atom. The van der Waals surface area contributed by atoms with Gasteiger partial charge in [-0.05, 0) is 6.42 Å². The molecule has 0 heterocycles. The van der Waals surface area contributed by atoms with E-state index in [0.717, 1.165) is 19.3 Å². The van der Waals surface area contributed by atoms with Crippen LogP contribution in [0.1, 0.15) is 26.2 Å². The molecule has 0 aliphatic rings. The van der Waals surface area contributed by atoms with Crippen LogP contribution in [-0.2, 0) is 9.53 Å². The van der Waals surface area contributed by atoms with Gasteiger partial charge in [0.15, 0.2) is 0 Å². The van der Waals surface area contributed by atoms with Crippen LogP contribution in [-0.4, -0.2) is 12.6 Å². The van der Waals surface area contributed by atoms with Crippen molar-refractivity contribution in [1.29, 1.82) is 0 Å². The molecule has 2 heteroatoms. The van der Waals surface area contributed by atoms with E-state index in [1.807, 2.05) is 0 Å². The Morgan fingerprint density at radius 2 is 2.27 bits per heavy atom. The molecule has 0 aliphatic heterocycles. The molecule has 0 bridgehead atoms. The quantitative estimate of drug-likeness (QED) is 0.433. The summed E-state index contributed by atoms with van der Waals surface area (Å²) in [6.45, 7) is 6.02. The van der Waals surface area contributed by atoms with E-state index in [1.54, 1.807) is 0 Å². The molecular formula is C9H15O2. The number of carbonyl (C=O) groups is 1. The molecule has 0 N–H and O–H groups in total. The molecule has 0 aromatic heterocycles. The zero-order valence-corrected chi connectivity index (χ0v) is 7.01. The molecule has 1 radical (unpaired) electrons. The highest BCUT2D eigenvalue weighted by atomic mass is 16.5. The van der Waals surface area contributed by atoms with Gasteiger partial charge in [0.2, 0.25) is 0 Å². The molecule has 0 spiro atoms. The Kier molecular flexibility index (Phi) is 6.79. The zero-order valence-electron chi connectivity index (χ0n) is 7.01. The largest absolute Gasteiger partial charge is 0.465 e. The first-order chi connectivity index (χ1) is 5.31. The molecule has 63 valence electrons. The summed E-state index contributed by atoms with van der Waals surface area (Å²) < 4.78 is 4.82. The number of rotatable bonds is 6. The molecule has 0 amide bonds. The molecular weight excluding hydrogens is 140 g/mol. The highest BCUT2D eigenvalue weighted by Gasteiger charge is 1.97. The smallest absolute Gasteiger partial charge is 0.313 e. The second-order valence-corrected chi connectivity index (χ2v) is 2.28. The number of ether oxygens (including phenoxy) is 1. The fourth-order valence-electron chi connectivity index (χ4n) is 0.669. The van der Waals surface area contributed by atoms with Gasteiger partial charge in [-0.25, -0.2) is 0 Å². The summed E-state index contributed by atoms with van der Waals surface area (Å²) in [5, 5.41) is 0. The zero-order chi connectivity index (χ0) is 8.53. The highest BCUT2D eigenvalue weighted by Crippen LogP contribution is 1.95. The standard InChI is InChI=1S/C9H15O2/c1-3-5-6-8-11-9(10)7-4-2/h4,7H,2-3,5-6,8H2,1H3. The van der Waals surface area contributed by atoms with Crippen LogP contribution in [0.5, 0.6) is 0 Å². The van der Waals surface area contributed by atoms with Crippen LogP contribution >= 0.6 is 0 Å². The van der Waals surface area contributed by atoms with Gasteiger partial charge in [0.25, 0.3) is 0 Å². The van der Waals surface area contributed by atoms with Gasteiger partial charge in [-0.3, -0.25) is 4.79 Å². The van der Waals surface area contributed by atoms with Gasteiger partial charge in [-0.2, -0.15) is 0 Å². The third kappa shape index (κ3) is 7.10. The molecule has 0 saturated heterocycles. The van der Waals surface area contributed by atoms with Crippen molar-refractivity contribution >= 4 is 5.97 Å². The minimum absolute atomic E-state index is 0.295. The first kappa shape index (κ1) is 10.2. The Bertz CT molecular complexity index is 119. The molecule has 0 fully saturated rings. The van der Waals surface area contributed by atoms with Crippen LogP contribution in [0, 0.1) is 6.42 Å². The lowest BCUT2D eigenvalue weighted by Crippen LogP contribution is -2.04. The molecule has 0 aliphatic carbocycles. The van der Waals surface area contributed by atoms with Gasteiger partial charge >= 0.3 is 5.97 Å². The van der Waals surface area contributed by atoms with Crippen LogP contribution in [0.4, 0.5) is 0 Å². The van der Waals surface area contributed by atoms with Crippen LogP contribution in [0.2, 0.25) is 0 Å². The van der Waals surface area contributed by atoms with E-state index in [4.69, 9.17) is 4.74 Å². The molecule has 0 rings (SSSR count). The van der Waals surface area contributed by atoms with Crippen molar-refractivity contribution in [2.24, 2.45) is 0 Å². The number of esters is 1. The minimum Gasteiger partial charge on any atom is -0.465 e. The van der Waals surface area contributed by atoms with Crippen molar-refractivity contribution < 1.29 is 9.53 Å². The Balaban J connectivity index is 3.10. The molecule has 2 nitrogen and oxygen atoms in total. The maximum atomic E-state index is 10.7. The molecule has 0 atom stereocenters. The number of hydrogen-bond acceptors (Lipinski definition) is 2. The van der Waals surface area contributed by atoms with Crippen LogP contribution in [0.15, 0.2) is 12.7 Å². The lowest BCUT2D eigenvalue weighted by atomic mass is 10.3. The SMILES string of the molecule is C=C[CH]C(=O)OCCCCC. The first-order valence-corrected chi connectivity index (χ1v) is 3.93. The van der Waals surface area contributed by atoms with Crippen molar-refractivity contribution in [2.75, 3.05) is 6.61 Å². The van der Waals surface area contributed by atoms with Crippen LogP contribution < -0.4 is 0 Å². The first-order valence-electron chi connectivity index (χ1n) is 3.93. The van der Waals surface area contributed by atoms with E-state index < -0.39 is 0 Å². The van der Waals surface area contributed by atoms with E-state index in [-0.39, 0.29) is 5.97 Å². The third-order valence-electron chi connectivity index (χ3n) is 1.25. The van der Waals surface area contributed by atoms with Crippen LogP contribution in [0.25, 0.3) is 0 Å². The number of unbranched alkanes of at least 4 members (excludes halogenated alkanes) is 2. The normalized spacial score (nSPS) is 9.18. The topological polar surface area (TPSA) is 26.3 Å². The van der Waals surface area contributed by atoms with Gasteiger partial charge in [0, 0.05) is 0 Å². The lowest BCUT2D eigenvalue weighted by Gasteiger charge is -2.00. The second kappa shape index (κ2) is 7.32. The average Bonchev–Trinajstić information content (AvgIpc) is 1.99. The van der Waals surface area contributed by atoms with E-state index in [9.17, 15) is 4.79 Å². The van der Waals surface area contributed by atoms with Crippen molar-refractivity contribution in [3.8, 4) is 0 Å². The summed E-state index contributed by atoms with van der Waals surface area (Å²) in [7, 11) is 0. The highest BCUT2D eigenvalue weighted by molar-refractivity contribution is 5.81. The molecule has 11 heavy (non-hydrogen) atoms. The predicted molar refractivity (Wildman–Crippen MR) is 45.0 cm³/mol. The lowest BCUT2D eigenvalue weighted by molar-refractivity contribution is -0.139. The van der Waals surface area contributed by atoms with E-state index in [2.05, 4.69) is 13.5 Å². The molecule has 0 unspecified atom stereocenters. The van der Waals surface area contributed by atoms with Gasteiger partial charge in [-0.1, -0.05) is 25.8 Å². The van der Waals surface area contributed by atoms with Gasteiger partial charge in [-0.15, -0.1) is 6.58 Å². The third-order valence-corrected chi connectivity index (χ3v) is 1.25. The van der Waals surface area contributed by atoms with Crippen molar-refractivity contribution in [3.63, 3.8) is 0 Å². The predicted octanol–water partition coefficient (Wildman–Crippen LogP) is 2.11. The number of hydrogen-bond donors (Lipinski definition) is 0. The van der Waals surface area contributed by atoms with Crippen molar-refractivity contribution in [2.45, 2.75) is 26.2 Å². The Hall–Kier alpha value is -0.790. The van der Waals surface area contributed by atoms with E-state index >= 15 is 0 Å². The number of carbonyl (C=O) groups excluding carboxylic acids is 1. The Morgan fingerprint density at radius 3 is 2.82 bits per heavy atom. The fourth-order valence-corrected chi connectivity index (χ4v) is 0.669. The molecule has 0 aromatic rings. The molecule has 0 aromatic carbocycles. The maximum Gasteiger partial charge on any atom is 0.313 e. The monoisotopic (exact) mass is 155 g/mol. The van der Waals surface area contributed by atoms with Crippen LogP contribution in [0.3, 0.4) is 0 Å². The molecule has 0 saturated carbocycles. The summed E-state index contributed by atoms with van der Waals surface area (Å²) in [4.78, 5) is 10.7. The Labute approximate surface area is 68.2 Å². The van der Waals surface area contributed by atoms with Gasteiger partial charge in [0.1, 0.15) is 0 Å². The van der Waals surface area contributed by atoms with Crippen molar-refractivity contribution in [1.82, 2.24) is 0 Å². The van der Waals surface area contributed by atoms with Gasteiger partial charge in [0.05, 0.1) is 13.0 Å². The second-order valence-electron chi connectivity index (χ2n) is 2.28. The van der Waals surface area contributed by atoms with E-state index in [0.29, 0.717) is 6.61 Å². The summed E-state index contributed by atoms with van der Waals surface area (Å²) in [6.07, 6.45) is 5.96. The summed E-state index contributed by atoms with van der Waals surface area (Å²) in [6, 6.07) is 0. The summed E-state index contributed by atoms with van der Waals surface area (Å²) >= 11 is 0. The van der Waals surface area contributed by atoms with Crippen molar-refractivity contribution in [3.05, 3.63) is 19.1 Å². The average molecular weight is 155 g/mol. The maximum absolute atomic E-state index is 10.7.